The minimum absolute atomic E-state index is 0.231. The van der Waals surface area contributed by atoms with Crippen LogP contribution in [0.1, 0.15) is 27.7 Å². The van der Waals surface area contributed by atoms with Crippen LogP contribution in [-0.2, 0) is 5.54 Å². The van der Waals surface area contributed by atoms with Gasteiger partial charge in [0.05, 0.1) is 5.54 Å². The molecule has 0 fully saturated rings. The Morgan fingerprint density at radius 2 is 1.90 bits per heavy atom. The molecule has 0 bridgehead atoms. The van der Waals surface area contributed by atoms with Crippen molar-refractivity contribution in [2.45, 2.75) is 33.2 Å². The van der Waals surface area contributed by atoms with Gasteiger partial charge in [-0.05, 0) is 19.8 Å². The number of H-pyrrole nitrogens is 1. The topological polar surface area (TPSA) is 20.7 Å². The van der Waals surface area contributed by atoms with Crippen LogP contribution >= 0.6 is 0 Å². The van der Waals surface area contributed by atoms with Gasteiger partial charge in [-0.25, -0.2) is 0 Å². The maximum absolute atomic E-state index is 3.12. The Hall–Kier alpha value is -0.660. The zero-order chi connectivity index (χ0) is 7.78. The summed E-state index contributed by atoms with van der Waals surface area (Å²) in [6.07, 6.45) is 4.02. The molecular weight excluding hydrogens is 124 g/mol. The summed E-state index contributed by atoms with van der Waals surface area (Å²) in [7, 11) is 0. The first-order valence-corrected chi connectivity index (χ1v) is 3.77. The predicted molar refractivity (Wildman–Crippen MR) is 42.9 cm³/mol. The molecule has 0 aliphatic heterocycles. The molecule has 1 N–H and O–H groups in total. The average Bonchev–Trinajstić information content (AvgIpc) is 1.57. The van der Waals surface area contributed by atoms with E-state index >= 15 is 0 Å². The van der Waals surface area contributed by atoms with Crippen molar-refractivity contribution in [3.63, 3.8) is 0 Å². The summed E-state index contributed by atoms with van der Waals surface area (Å²) < 4.78 is 2.14. The van der Waals surface area contributed by atoms with Gasteiger partial charge < -0.3 is 5.10 Å². The number of rotatable bonds is 2. The molecule has 58 valence electrons. The summed E-state index contributed by atoms with van der Waals surface area (Å²) >= 11 is 0. The standard InChI is InChI=1S/C8H16N2/c1-7(2)8(3,4)10-6-5-9-10/h5-7,9H,1-4H3. The Morgan fingerprint density at radius 1 is 1.40 bits per heavy atom. The number of nitrogens with zero attached hydrogens (tertiary/aromatic N) is 1. The third-order valence-corrected chi connectivity index (χ3v) is 2.47. The van der Waals surface area contributed by atoms with Gasteiger partial charge in [0.25, 0.3) is 0 Å². The van der Waals surface area contributed by atoms with Gasteiger partial charge in [-0.3, -0.25) is 4.68 Å². The van der Waals surface area contributed by atoms with E-state index in [2.05, 4.69) is 43.7 Å². The smallest absolute Gasteiger partial charge is 0.0573 e. The van der Waals surface area contributed by atoms with Gasteiger partial charge in [-0.1, -0.05) is 13.8 Å². The maximum atomic E-state index is 3.12. The summed E-state index contributed by atoms with van der Waals surface area (Å²) in [6.45, 7) is 8.92. The summed E-state index contributed by atoms with van der Waals surface area (Å²) in [5.74, 6) is 0.657. The molecular formula is C8H16N2. The zero-order valence-electron chi connectivity index (χ0n) is 7.18. The van der Waals surface area contributed by atoms with Crippen molar-refractivity contribution in [1.29, 1.82) is 0 Å². The molecule has 0 saturated heterocycles. The first-order valence-electron chi connectivity index (χ1n) is 3.77. The van der Waals surface area contributed by atoms with Crippen molar-refractivity contribution in [3.8, 4) is 0 Å². The highest BCUT2D eigenvalue weighted by Crippen LogP contribution is 2.23. The first-order chi connectivity index (χ1) is 4.55. The van der Waals surface area contributed by atoms with Gasteiger partial charge in [0.15, 0.2) is 0 Å². The van der Waals surface area contributed by atoms with Gasteiger partial charge in [0, 0.05) is 12.4 Å². The lowest BCUT2D eigenvalue weighted by molar-refractivity contribution is 0.212. The molecule has 2 heteroatoms. The molecule has 0 spiro atoms. The lowest BCUT2D eigenvalue weighted by Gasteiger charge is -2.33. The maximum Gasteiger partial charge on any atom is 0.0573 e. The normalized spacial score (nSPS) is 12.9. The van der Waals surface area contributed by atoms with Crippen molar-refractivity contribution in [1.82, 2.24) is 9.78 Å². The third-order valence-electron chi connectivity index (χ3n) is 2.47. The number of nitrogens with one attached hydrogen (secondary N) is 1. The van der Waals surface area contributed by atoms with E-state index in [0.717, 1.165) is 0 Å². The van der Waals surface area contributed by atoms with E-state index in [1.165, 1.54) is 0 Å². The van der Waals surface area contributed by atoms with Crippen LogP contribution in [0.4, 0.5) is 0 Å². The summed E-state index contributed by atoms with van der Waals surface area (Å²) in [6, 6.07) is 0. The molecule has 0 aromatic carbocycles. The van der Waals surface area contributed by atoms with E-state index in [1.54, 1.807) is 0 Å². The number of hydrogen-bond acceptors (Lipinski definition) is 0. The van der Waals surface area contributed by atoms with Crippen LogP contribution in [-0.4, -0.2) is 9.78 Å². The SMILES string of the molecule is CC(C)C(C)(C)n1cc[nH]1. The molecule has 0 aliphatic carbocycles. The van der Waals surface area contributed by atoms with Crippen LogP contribution < -0.4 is 0 Å². The van der Waals surface area contributed by atoms with Crippen LogP contribution in [0.25, 0.3) is 0 Å². The van der Waals surface area contributed by atoms with Crippen LogP contribution in [0.5, 0.6) is 0 Å². The van der Waals surface area contributed by atoms with E-state index < -0.39 is 0 Å². The Morgan fingerprint density at radius 3 is 2.00 bits per heavy atom. The second kappa shape index (κ2) is 2.19. The first kappa shape index (κ1) is 7.45. The second-order valence-electron chi connectivity index (χ2n) is 3.62. The molecule has 1 aromatic heterocycles. The molecule has 10 heavy (non-hydrogen) atoms. The molecule has 1 heterocycles. The number of hydrogen-bond donors (Lipinski definition) is 1. The fourth-order valence-corrected chi connectivity index (χ4v) is 0.786. The molecule has 1 rings (SSSR count). The predicted octanol–water partition coefficient (Wildman–Crippen LogP) is 2.21. The van der Waals surface area contributed by atoms with Gasteiger partial charge in [0.1, 0.15) is 0 Å². The van der Waals surface area contributed by atoms with E-state index in [0.29, 0.717) is 5.92 Å². The minimum atomic E-state index is 0.231. The molecule has 0 aliphatic rings. The largest absolute Gasteiger partial charge is 0.304 e. The quantitative estimate of drug-likeness (QED) is 0.650. The number of aromatic amines is 1. The van der Waals surface area contributed by atoms with Crippen LogP contribution in [0.15, 0.2) is 12.4 Å². The molecule has 0 unspecified atom stereocenters. The van der Waals surface area contributed by atoms with Crippen LogP contribution in [0.2, 0.25) is 0 Å². The Balaban J connectivity index is 2.75. The highest BCUT2D eigenvalue weighted by Gasteiger charge is 2.24. The van der Waals surface area contributed by atoms with Crippen molar-refractivity contribution in [2.24, 2.45) is 5.92 Å². The fraction of sp³-hybridized carbons (Fsp3) is 0.750. The van der Waals surface area contributed by atoms with E-state index in [9.17, 15) is 0 Å². The van der Waals surface area contributed by atoms with E-state index in [-0.39, 0.29) is 5.54 Å². The Kier molecular flexibility index (Phi) is 1.63. The number of aromatic nitrogens is 2. The van der Waals surface area contributed by atoms with Crippen molar-refractivity contribution in [3.05, 3.63) is 12.4 Å². The lowest BCUT2D eigenvalue weighted by atomic mass is 9.91. The van der Waals surface area contributed by atoms with Gasteiger partial charge >= 0.3 is 0 Å². The Labute approximate surface area is 62.2 Å². The summed E-state index contributed by atoms with van der Waals surface area (Å²) in [4.78, 5) is 0. The Bertz CT molecular complexity index is 184. The van der Waals surface area contributed by atoms with Crippen LogP contribution in [0, 0.1) is 5.92 Å². The minimum Gasteiger partial charge on any atom is -0.304 e. The molecule has 0 saturated carbocycles. The molecule has 0 atom stereocenters. The molecule has 1 aromatic rings. The van der Waals surface area contributed by atoms with Crippen molar-refractivity contribution in [2.75, 3.05) is 0 Å². The highest BCUT2D eigenvalue weighted by molar-refractivity contribution is 4.84. The molecule has 2 nitrogen and oxygen atoms in total. The average molecular weight is 140 g/mol. The van der Waals surface area contributed by atoms with Crippen molar-refractivity contribution < 1.29 is 0 Å². The molecule has 0 radical (unpaired) electrons. The third kappa shape index (κ3) is 0.981. The van der Waals surface area contributed by atoms with Crippen molar-refractivity contribution >= 4 is 0 Å². The van der Waals surface area contributed by atoms with Crippen LogP contribution in [0.3, 0.4) is 0 Å². The van der Waals surface area contributed by atoms with E-state index in [4.69, 9.17) is 0 Å². The monoisotopic (exact) mass is 140 g/mol. The second-order valence-corrected chi connectivity index (χ2v) is 3.62. The highest BCUT2D eigenvalue weighted by atomic mass is 15.3. The summed E-state index contributed by atoms with van der Waals surface area (Å²) in [5.41, 5.74) is 0.231. The molecule has 0 amide bonds. The zero-order valence-corrected chi connectivity index (χ0v) is 7.18. The lowest BCUT2D eigenvalue weighted by Crippen LogP contribution is -2.35. The fourth-order valence-electron chi connectivity index (χ4n) is 0.786. The van der Waals surface area contributed by atoms with Gasteiger partial charge in [-0.2, -0.15) is 0 Å². The summed E-state index contributed by atoms with van der Waals surface area (Å²) in [5, 5.41) is 3.12. The van der Waals surface area contributed by atoms with Gasteiger partial charge in [-0.15, -0.1) is 0 Å². The van der Waals surface area contributed by atoms with E-state index in [1.807, 2.05) is 6.20 Å². The van der Waals surface area contributed by atoms with Gasteiger partial charge in [0.2, 0.25) is 0 Å².